The molecule has 0 unspecified atom stereocenters. The van der Waals surface area contributed by atoms with Gasteiger partial charge in [-0.2, -0.15) is 0 Å². The van der Waals surface area contributed by atoms with Gasteiger partial charge in [-0.3, -0.25) is 9.59 Å². The summed E-state index contributed by atoms with van der Waals surface area (Å²) in [6.07, 6.45) is 5.72. The van der Waals surface area contributed by atoms with Crippen molar-refractivity contribution >= 4 is 11.6 Å². The summed E-state index contributed by atoms with van der Waals surface area (Å²) >= 11 is 0. The largest absolute Gasteiger partial charge is 0.393 e. The molecule has 5 aliphatic rings. The van der Waals surface area contributed by atoms with E-state index in [1.165, 1.54) is 0 Å². The molecule has 0 radical (unpaired) electrons. The first-order valence-electron chi connectivity index (χ1n) is 9.86. The molecule has 4 heteroatoms. The Morgan fingerprint density at radius 2 is 2.08 bits per heavy atom. The van der Waals surface area contributed by atoms with Crippen molar-refractivity contribution in [3.63, 3.8) is 0 Å². The van der Waals surface area contributed by atoms with Gasteiger partial charge < -0.3 is 9.84 Å². The van der Waals surface area contributed by atoms with Crippen LogP contribution in [0.15, 0.2) is 11.6 Å². The lowest BCUT2D eigenvalue weighted by atomic mass is 9.46. The second-order valence-electron chi connectivity index (χ2n) is 9.73. The van der Waals surface area contributed by atoms with Crippen LogP contribution in [0.3, 0.4) is 0 Å². The van der Waals surface area contributed by atoms with E-state index in [1.54, 1.807) is 6.92 Å². The fourth-order valence-electron chi connectivity index (χ4n) is 7.60. The molecule has 136 valence electrons. The van der Waals surface area contributed by atoms with Gasteiger partial charge >= 0.3 is 0 Å². The number of carbonyl (C=O) groups is 2. The molecule has 0 bridgehead atoms. The first-order valence-corrected chi connectivity index (χ1v) is 9.86. The van der Waals surface area contributed by atoms with Crippen molar-refractivity contribution in [3.8, 4) is 0 Å². The Morgan fingerprint density at radius 1 is 1.32 bits per heavy atom. The van der Waals surface area contributed by atoms with Crippen LogP contribution in [0.1, 0.15) is 52.9 Å². The number of aliphatic hydroxyl groups excluding tert-OH is 1. The lowest BCUT2D eigenvalue weighted by molar-refractivity contribution is -0.142. The second-order valence-corrected chi connectivity index (χ2v) is 9.73. The van der Waals surface area contributed by atoms with Gasteiger partial charge in [0.05, 0.1) is 12.2 Å². The lowest BCUT2D eigenvalue weighted by Crippen LogP contribution is -2.59. The van der Waals surface area contributed by atoms with E-state index in [0.29, 0.717) is 24.7 Å². The molecule has 1 aliphatic heterocycles. The summed E-state index contributed by atoms with van der Waals surface area (Å²) in [6.45, 7) is 6.18. The third kappa shape index (κ3) is 1.90. The Kier molecular flexibility index (Phi) is 3.13. The highest BCUT2D eigenvalue weighted by Crippen LogP contribution is 2.70. The minimum absolute atomic E-state index is 0.0708. The Morgan fingerprint density at radius 3 is 2.80 bits per heavy atom. The summed E-state index contributed by atoms with van der Waals surface area (Å²) in [5.74, 6) is 1.46. The van der Waals surface area contributed by atoms with Gasteiger partial charge in [-0.25, -0.2) is 0 Å². The van der Waals surface area contributed by atoms with Crippen LogP contribution >= 0.6 is 0 Å². The number of carbonyl (C=O) groups excluding carboxylic acids is 2. The van der Waals surface area contributed by atoms with Crippen LogP contribution in [0.4, 0.5) is 0 Å². The number of ether oxygens (including phenoxy) is 1. The van der Waals surface area contributed by atoms with Gasteiger partial charge in [0.1, 0.15) is 11.9 Å². The zero-order chi connectivity index (χ0) is 17.7. The highest BCUT2D eigenvalue weighted by atomic mass is 16.6. The highest BCUT2D eigenvalue weighted by molar-refractivity contribution is 5.92. The molecular weight excluding hydrogens is 316 g/mol. The number of hydrogen-bond acceptors (Lipinski definition) is 4. The van der Waals surface area contributed by atoms with Crippen LogP contribution < -0.4 is 0 Å². The van der Waals surface area contributed by atoms with Gasteiger partial charge in [0.15, 0.2) is 5.78 Å². The van der Waals surface area contributed by atoms with E-state index >= 15 is 0 Å². The molecule has 0 aromatic rings. The van der Waals surface area contributed by atoms with Gasteiger partial charge in [-0.05, 0) is 72.8 Å². The van der Waals surface area contributed by atoms with Crippen molar-refractivity contribution in [1.82, 2.24) is 0 Å². The van der Waals surface area contributed by atoms with E-state index in [4.69, 9.17) is 4.74 Å². The summed E-state index contributed by atoms with van der Waals surface area (Å²) in [7, 11) is 0. The van der Waals surface area contributed by atoms with Crippen LogP contribution in [-0.4, -0.2) is 35.0 Å². The Balaban J connectivity index is 1.59. The molecule has 4 nitrogen and oxygen atoms in total. The van der Waals surface area contributed by atoms with E-state index in [-0.39, 0.29) is 46.4 Å². The first kappa shape index (κ1) is 16.2. The normalized spacial score (nSPS) is 56.2. The Labute approximate surface area is 149 Å². The van der Waals surface area contributed by atoms with Gasteiger partial charge in [-0.15, -0.1) is 0 Å². The lowest BCUT2D eigenvalue weighted by Gasteiger charge is -2.58. The molecule has 25 heavy (non-hydrogen) atoms. The quantitative estimate of drug-likeness (QED) is 0.743. The number of aliphatic hydroxyl groups is 1. The predicted molar refractivity (Wildman–Crippen MR) is 91.7 cm³/mol. The van der Waals surface area contributed by atoms with E-state index in [1.807, 2.05) is 6.08 Å². The third-order valence-electron chi connectivity index (χ3n) is 8.66. The summed E-state index contributed by atoms with van der Waals surface area (Å²) in [6, 6.07) is 0. The number of rotatable bonds is 1. The minimum Gasteiger partial charge on any atom is -0.393 e. The molecule has 4 aliphatic carbocycles. The van der Waals surface area contributed by atoms with Crippen molar-refractivity contribution in [1.29, 1.82) is 0 Å². The third-order valence-corrected chi connectivity index (χ3v) is 8.66. The topological polar surface area (TPSA) is 66.9 Å². The highest BCUT2D eigenvalue weighted by Gasteiger charge is 2.71. The molecular formula is C21H28O4. The van der Waals surface area contributed by atoms with Gasteiger partial charge in [0, 0.05) is 12.3 Å². The van der Waals surface area contributed by atoms with E-state index in [9.17, 15) is 14.7 Å². The van der Waals surface area contributed by atoms with E-state index < -0.39 is 6.10 Å². The summed E-state index contributed by atoms with van der Waals surface area (Å²) in [5.41, 5.74) is 0.898. The summed E-state index contributed by atoms with van der Waals surface area (Å²) in [5, 5.41) is 11.2. The van der Waals surface area contributed by atoms with Crippen LogP contribution in [0, 0.1) is 34.5 Å². The molecule has 1 saturated heterocycles. The van der Waals surface area contributed by atoms with Gasteiger partial charge in [0.25, 0.3) is 0 Å². The smallest absolute Gasteiger partial charge is 0.155 e. The Hall–Kier alpha value is -1.00. The number of hydrogen-bond donors (Lipinski definition) is 1. The van der Waals surface area contributed by atoms with Crippen LogP contribution in [-0.2, 0) is 14.3 Å². The average molecular weight is 344 g/mol. The molecule has 0 aromatic heterocycles. The molecule has 1 heterocycles. The van der Waals surface area contributed by atoms with Crippen molar-refractivity contribution < 1.29 is 19.4 Å². The van der Waals surface area contributed by atoms with E-state index in [0.717, 1.165) is 24.8 Å². The number of Topliss-reactive ketones (excluding diaryl/α,β-unsaturated/α-hetero) is 1. The molecule has 0 spiro atoms. The zero-order valence-corrected chi connectivity index (χ0v) is 15.3. The molecule has 1 N–H and O–H groups in total. The predicted octanol–water partition coefficient (Wildman–Crippen LogP) is 2.68. The number of ketones is 2. The fourth-order valence-corrected chi connectivity index (χ4v) is 7.60. The first-order chi connectivity index (χ1) is 11.8. The van der Waals surface area contributed by atoms with Crippen molar-refractivity contribution in [3.05, 3.63) is 11.6 Å². The fraction of sp³-hybridized carbons (Fsp3) is 0.810. The maximum atomic E-state index is 12.2. The number of epoxide rings is 1. The maximum Gasteiger partial charge on any atom is 0.155 e. The molecule has 3 saturated carbocycles. The standard InChI is InChI=1S/C21H28O4/c1-10(22)12-4-5-13-16-17(15(24)9-21(12,13)3)20(2)7-6-11(23)8-14(20)18-19(16)25-18/h8,12-13,15-19,24H,4-7,9H2,1-3H3/t12-,13+,15-,16+,17+,18-,19+,20+,21-/m1/s1. The zero-order valence-electron chi connectivity index (χ0n) is 15.3. The molecule has 4 fully saturated rings. The van der Waals surface area contributed by atoms with Crippen molar-refractivity contribution in [2.45, 2.75) is 71.2 Å². The second kappa shape index (κ2) is 4.83. The average Bonchev–Trinajstić information content (AvgIpc) is 3.23. The van der Waals surface area contributed by atoms with Crippen molar-refractivity contribution in [2.75, 3.05) is 0 Å². The van der Waals surface area contributed by atoms with Crippen LogP contribution in [0.25, 0.3) is 0 Å². The monoisotopic (exact) mass is 344 g/mol. The van der Waals surface area contributed by atoms with Crippen LogP contribution in [0.5, 0.6) is 0 Å². The minimum atomic E-state index is -0.419. The number of fused-ring (bicyclic) bond motifs is 8. The van der Waals surface area contributed by atoms with Gasteiger partial charge in [-0.1, -0.05) is 13.8 Å². The van der Waals surface area contributed by atoms with Crippen LogP contribution in [0.2, 0.25) is 0 Å². The SMILES string of the molecule is CC(=O)[C@H]1CC[C@H]2[C@@H]3[C@@H]4O[C@@H]4C4=CC(=O)CC[C@]4(C)[C@H]3[C@H](O)C[C@]12C. The maximum absolute atomic E-state index is 12.2. The molecule has 5 rings (SSSR count). The summed E-state index contributed by atoms with van der Waals surface area (Å²) in [4.78, 5) is 24.2. The molecule has 9 atom stereocenters. The molecule has 0 aromatic carbocycles. The molecule has 0 amide bonds. The van der Waals surface area contributed by atoms with E-state index in [2.05, 4.69) is 13.8 Å². The van der Waals surface area contributed by atoms with Gasteiger partial charge in [0.2, 0.25) is 0 Å². The summed E-state index contributed by atoms with van der Waals surface area (Å²) < 4.78 is 6.11. The van der Waals surface area contributed by atoms with Crippen molar-refractivity contribution in [2.24, 2.45) is 34.5 Å². The Bertz CT molecular complexity index is 696.